The molecule has 1 atom stereocenters. The van der Waals surface area contributed by atoms with Crippen LogP contribution in [0.1, 0.15) is 30.6 Å². The lowest BCUT2D eigenvalue weighted by atomic mass is 10.1. The summed E-state index contributed by atoms with van der Waals surface area (Å²) in [7, 11) is 0. The average Bonchev–Trinajstić information content (AvgIpc) is 2.26. The third-order valence-corrected chi connectivity index (χ3v) is 2.80. The fraction of sp³-hybridized carbons (Fsp3) is 0.417. The zero-order valence-electron chi connectivity index (χ0n) is 9.00. The van der Waals surface area contributed by atoms with Gasteiger partial charge < -0.3 is 4.74 Å². The molecular weight excluding hydrogens is 256 g/mol. The van der Waals surface area contributed by atoms with Gasteiger partial charge in [0.1, 0.15) is 0 Å². The molecule has 0 fully saturated rings. The molecule has 0 aliphatic rings. The van der Waals surface area contributed by atoms with Crippen LogP contribution in [0.5, 0.6) is 0 Å². The second kappa shape index (κ2) is 5.91. The van der Waals surface area contributed by atoms with E-state index in [1.807, 2.05) is 12.1 Å². The zero-order chi connectivity index (χ0) is 11.3. The lowest BCUT2D eigenvalue weighted by Gasteiger charge is -2.09. The molecule has 0 saturated heterocycles. The summed E-state index contributed by atoms with van der Waals surface area (Å²) in [6, 6.07) is 7.17. The number of carbonyl (C=O) groups excluding carboxylic acids is 1. The Bertz CT molecular complexity index is 319. The molecule has 1 rings (SSSR count). The highest BCUT2D eigenvalue weighted by Gasteiger charge is 2.08. The molecule has 0 unspecified atom stereocenters. The van der Waals surface area contributed by atoms with Crippen molar-refractivity contribution in [3.8, 4) is 0 Å². The average molecular weight is 271 g/mol. The van der Waals surface area contributed by atoms with E-state index in [0.29, 0.717) is 18.1 Å². The second-order valence-electron chi connectivity index (χ2n) is 3.62. The van der Waals surface area contributed by atoms with Gasteiger partial charge in [0.05, 0.1) is 12.2 Å². The summed E-state index contributed by atoms with van der Waals surface area (Å²) < 4.78 is 6.13. The Morgan fingerprint density at radius 3 is 2.53 bits per heavy atom. The SMILES string of the molecule is CC[C@H](C)COC(=O)c1ccc(Br)cc1. The first-order valence-corrected chi connectivity index (χ1v) is 5.85. The van der Waals surface area contributed by atoms with Crippen LogP contribution in [0.4, 0.5) is 0 Å². The van der Waals surface area contributed by atoms with E-state index in [9.17, 15) is 4.79 Å². The molecule has 0 N–H and O–H groups in total. The molecule has 82 valence electrons. The molecule has 0 heterocycles. The van der Waals surface area contributed by atoms with E-state index in [-0.39, 0.29) is 5.97 Å². The summed E-state index contributed by atoms with van der Waals surface area (Å²) in [6.07, 6.45) is 1.02. The fourth-order valence-electron chi connectivity index (χ4n) is 1.01. The van der Waals surface area contributed by atoms with Crippen LogP contribution in [0, 0.1) is 5.92 Å². The van der Waals surface area contributed by atoms with E-state index in [0.717, 1.165) is 10.9 Å². The Labute approximate surface area is 98.8 Å². The minimum atomic E-state index is -0.247. The van der Waals surface area contributed by atoms with Gasteiger partial charge in [-0.25, -0.2) is 4.79 Å². The topological polar surface area (TPSA) is 26.3 Å². The summed E-state index contributed by atoms with van der Waals surface area (Å²) in [6.45, 7) is 4.64. The number of ether oxygens (including phenoxy) is 1. The van der Waals surface area contributed by atoms with Gasteiger partial charge in [0.2, 0.25) is 0 Å². The molecule has 1 aromatic rings. The summed E-state index contributed by atoms with van der Waals surface area (Å²) in [5, 5.41) is 0. The van der Waals surface area contributed by atoms with Crippen LogP contribution in [0.2, 0.25) is 0 Å². The molecule has 0 spiro atoms. The predicted molar refractivity (Wildman–Crippen MR) is 63.9 cm³/mol. The Balaban J connectivity index is 2.50. The summed E-state index contributed by atoms with van der Waals surface area (Å²) in [5.41, 5.74) is 0.599. The summed E-state index contributed by atoms with van der Waals surface area (Å²) in [4.78, 5) is 11.5. The molecule has 15 heavy (non-hydrogen) atoms. The minimum absolute atomic E-state index is 0.247. The van der Waals surface area contributed by atoms with Gasteiger partial charge in [0.15, 0.2) is 0 Å². The first kappa shape index (κ1) is 12.2. The molecule has 0 aliphatic heterocycles. The lowest BCUT2D eigenvalue weighted by Crippen LogP contribution is -2.11. The first-order chi connectivity index (χ1) is 7.13. The molecule has 0 amide bonds. The van der Waals surface area contributed by atoms with Gasteiger partial charge in [-0.15, -0.1) is 0 Å². The highest BCUT2D eigenvalue weighted by Crippen LogP contribution is 2.12. The molecule has 3 heteroatoms. The smallest absolute Gasteiger partial charge is 0.338 e. The fourth-order valence-corrected chi connectivity index (χ4v) is 1.27. The molecular formula is C12H15BrO2. The number of hydrogen-bond donors (Lipinski definition) is 0. The van der Waals surface area contributed by atoms with Crippen molar-refractivity contribution in [2.75, 3.05) is 6.61 Å². The second-order valence-corrected chi connectivity index (χ2v) is 4.53. The van der Waals surface area contributed by atoms with E-state index in [1.54, 1.807) is 12.1 Å². The third-order valence-electron chi connectivity index (χ3n) is 2.28. The van der Waals surface area contributed by atoms with Gasteiger partial charge in [0, 0.05) is 4.47 Å². The highest BCUT2D eigenvalue weighted by molar-refractivity contribution is 9.10. The molecule has 0 aromatic heterocycles. The number of halogens is 1. The lowest BCUT2D eigenvalue weighted by molar-refractivity contribution is 0.0447. The monoisotopic (exact) mass is 270 g/mol. The molecule has 0 saturated carbocycles. The standard InChI is InChI=1S/C12H15BrO2/c1-3-9(2)8-15-12(14)10-4-6-11(13)7-5-10/h4-7,9H,3,8H2,1-2H3/t9-/m0/s1. The maximum absolute atomic E-state index is 11.5. The Kier molecular flexibility index (Phi) is 4.82. The third kappa shape index (κ3) is 4.04. The first-order valence-electron chi connectivity index (χ1n) is 5.06. The molecule has 0 radical (unpaired) electrons. The number of hydrogen-bond acceptors (Lipinski definition) is 2. The van der Waals surface area contributed by atoms with E-state index < -0.39 is 0 Å². The largest absolute Gasteiger partial charge is 0.462 e. The van der Waals surface area contributed by atoms with Crippen molar-refractivity contribution in [1.29, 1.82) is 0 Å². The Morgan fingerprint density at radius 2 is 2.00 bits per heavy atom. The van der Waals surface area contributed by atoms with Crippen molar-refractivity contribution in [3.05, 3.63) is 34.3 Å². The quantitative estimate of drug-likeness (QED) is 0.781. The van der Waals surface area contributed by atoms with Crippen molar-refractivity contribution in [2.45, 2.75) is 20.3 Å². The van der Waals surface area contributed by atoms with Crippen molar-refractivity contribution < 1.29 is 9.53 Å². The maximum Gasteiger partial charge on any atom is 0.338 e. The molecule has 0 aliphatic carbocycles. The van der Waals surface area contributed by atoms with Gasteiger partial charge in [0.25, 0.3) is 0 Å². The van der Waals surface area contributed by atoms with Crippen LogP contribution in [0.15, 0.2) is 28.7 Å². The predicted octanol–water partition coefficient (Wildman–Crippen LogP) is 3.65. The van der Waals surface area contributed by atoms with E-state index in [2.05, 4.69) is 29.8 Å². The Hall–Kier alpha value is -0.830. The number of carbonyl (C=O) groups is 1. The molecule has 2 nitrogen and oxygen atoms in total. The number of benzene rings is 1. The van der Waals surface area contributed by atoms with Crippen LogP contribution in [0.25, 0.3) is 0 Å². The minimum Gasteiger partial charge on any atom is -0.462 e. The van der Waals surface area contributed by atoms with Crippen LogP contribution < -0.4 is 0 Å². The molecule has 0 bridgehead atoms. The van der Waals surface area contributed by atoms with E-state index in [1.165, 1.54) is 0 Å². The highest BCUT2D eigenvalue weighted by atomic mass is 79.9. The summed E-state index contributed by atoms with van der Waals surface area (Å²) in [5.74, 6) is 0.173. The number of esters is 1. The van der Waals surface area contributed by atoms with Crippen molar-refractivity contribution in [2.24, 2.45) is 5.92 Å². The van der Waals surface area contributed by atoms with Crippen LogP contribution in [0.3, 0.4) is 0 Å². The number of rotatable bonds is 4. The van der Waals surface area contributed by atoms with E-state index in [4.69, 9.17) is 4.74 Å². The summed E-state index contributed by atoms with van der Waals surface area (Å²) >= 11 is 3.32. The van der Waals surface area contributed by atoms with Crippen LogP contribution in [-0.4, -0.2) is 12.6 Å². The van der Waals surface area contributed by atoms with E-state index >= 15 is 0 Å². The van der Waals surface area contributed by atoms with Crippen molar-refractivity contribution in [3.63, 3.8) is 0 Å². The molecule has 1 aromatic carbocycles. The Morgan fingerprint density at radius 1 is 1.40 bits per heavy atom. The van der Waals surface area contributed by atoms with Crippen molar-refractivity contribution >= 4 is 21.9 Å². The van der Waals surface area contributed by atoms with Gasteiger partial charge in [-0.1, -0.05) is 36.2 Å². The van der Waals surface area contributed by atoms with Gasteiger partial charge in [-0.05, 0) is 30.2 Å². The van der Waals surface area contributed by atoms with Gasteiger partial charge in [-0.3, -0.25) is 0 Å². The van der Waals surface area contributed by atoms with Crippen LogP contribution in [-0.2, 0) is 4.74 Å². The van der Waals surface area contributed by atoms with Crippen molar-refractivity contribution in [1.82, 2.24) is 0 Å². The maximum atomic E-state index is 11.5. The van der Waals surface area contributed by atoms with Gasteiger partial charge in [-0.2, -0.15) is 0 Å². The zero-order valence-corrected chi connectivity index (χ0v) is 10.6. The van der Waals surface area contributed by atoms with Crippen LogP contribution >= 0.6 is 15.9 Å². The van der Waals surface area contributed by atoms with Gasteiger partial charge >= 0.3 is 5.97 Å². The normalized spacial score (nSPS) is 12.2.